The number of benzene rings is 2. The largest absolute Gasteiger partial charge is 0.379 e. The normalized spacial score (nSPS) is 14.7. The fourth-order valence-corrected chi connectivity index (χ4v) is 4.27. The van der Waals surface area contributed by atoms with Crippen LogP contribution in [-0.2, 0) is 27.8 Å². The highest BCUT2D eigenvalue weighted by Gasteiger charge is 2.12. The molecular weight excluding hydrogens is 508 g/mol. The number of nitrogens with zero attached hydrogens (tertiary/aromatic N) is 3. The van der Waals surface area contributed by atoms with E-state index in [0.29, 0.717) is 18.3 Å². The summed E-state index contributed by atoms with van der Waals surface area (Å²) in [7, 11) is -3.71. The maximum absolute atomic E-state index is 11.4. The summed E-state index contributed by atoms with van der Waals surface area (Å²) in [5.74, 6) is 1.08. The monoisotopic (exact) mass is 532 g/mol. The smallest absolute Gasteiger partial charge is 0.238 e. The average molecular weight is 533 g/mol. The fraction of sp³-hybridized carbons (Fsp3) is 0.273. The lowest BCUT2D eigenvalue weighted by Gasteiger charge is -2.26. The number of nitrogens with one attached hydrogen (secondary N) is 2. The summed E-state index contributed by atoms with van der Waals surface area (Å²) < 4.78 is 28.9. The second-order valence-corrected chi connectivity index (χ2v) is 10.1. The van der Waals surface area contributed by atoms with E-state index in [1.54, 1.807) is 18.3 Å². The maximum atomic E-state index is 11.4. The minimum atomic E-state index is -3.71. The van der Waals surface area contributed by atoms with Gasteiger partial charge in [-0.15, -0.1) is 0 Å². The molecule has 0 radical (unpaired) electrons. The molecule has 0 spiro atoms. The molecule has 1 fully saturated rings. The van der Waals surface area contributed by atoms with E-state index in [2.05, 4.69) is 53.6 Å². The molecule has 0 atom stereocenters. The molecule has 2 aromatic carbocycles. The first-order chi connectivity index (χ1) is 15.9. The Balaban J connectivity index is 1.40. The second kappa shape index (κ2) is 10.6. The van der Waals surface area contributed by atoms with Crippen molar-refractivity contribution < 1.29 is 13.2 Å². The van der Waals surface area contributed by atoms with Crippen LogP contribution in [0, 0.1) is 0 Å². The van der Waals surface area contributed by atoms with Crippen molar-refractivity contribution in [3.63, 3.8) is 0 Å². The van der Waals surface area contributed by atoms with E-state index in [4.69, 9.17) is 9.88 Å². The number of nitrogens with two attached hydrogens (primary N) is 1. The SMILES string of the molecule is NS(=O)(=O)c1ccc(CNc2nc(Nc3cccc(CN4CCOCC4)c3)ncc2Br)cc1. The van der Waals surface area contributed by atoms with Crippen molar-refractivity contribution in [2.75, 3.05) is 36.9 Å². The van der Waals surface area contributed by atoms with Gasteiger partial charge in [0.15, 0.2) is 0 Å². The molecule has 9 nitrogen and oxygen atoms in total. The summed E-state index contributed by atoms with van der Waals surface area (Å²) in [6.07, 6.45) is 1.68. The van der Waals surface area contributed by atoms with Crippen LogP contribution in [0.3, 0.4) is 0 Å². The van der Waals surface area contributed by atoms with Crippen molar-refractivity contribution in [3.8, 4) is 0 Å². The van der Waals surface area contributed by atoms with Crippen LogP contribution in [0.25, 0.3) is 0 Å². The number of halogens is 1. The van der Waals surface area contributed by atoms with Crippen LogP contribution >= 0.6 is 15.9 Å². The Morgan fingerprint density at radius 1 is 1.09 bits per heavy atom. The highest BCUT2D eigenvalue weighted by atomic mass is 79.9. The molecule has 0 bridgehead atoms. The standard InChI is InChI=1S/C22H25BrN6O3S/c23-20-14-26-22(27-18-3-1-2-17(12-18)15-29-8-10-32-11-9-29)28-21(20)25-13-16-4-6-19(7-5-16)33(24,30)31/h1-7,12,14H,8-11,13,15H2,(H2,24,30,31)(H2,25,26,27,28). The lowest BCUT2D eigenvalue weighted by atomic mass is 10.2. The van der Waals surface area contributed by atoms with Gasteiger partial charge in [0.2, 0.25) is 16.0 Å². The lowest BCUT2D eigenvalue weighted by Crippen LogP contribution is -2.35. The van der Waals surface area contributed by atoms with Crippen LogP contribution < -0.4 is 15.8 Å². The van der Waals surface area contributed by atoms with E-state index in [1.807, 2.05) is 12.1 Å². The van der Waals surface area contributed by atoms with Gasteiger partial charge in [-0.1, -0.05) is 24.3 Å². The van der Waals surface area contributed by atoms with Crippen molar-refractivity contribution in [2.45, 2.75) is 18.0 Å². The van der Waals surface area contributed by atoms with Crippen molar-refractivity contribution in [1.82, 2.24) is 14.9 Å². The van der Waals surface area contributed by atoms with Gasteiger partial charge in [0.25, 0.3) is 0 Å². The van der Waals surface area contributed by atoms with Gasteiger partial charge in [-0.25, -0.2) is 18.5 Å². The van der Waals surface area contributed by atoms with Gasteiger partial charge >= 0.3 is 0 Å². The number of anilines is 3. The molecule has 11 heteroatoms. The zero-order valence-electron chi connectivity index (χ0n) is 17.9. The summed E-state index contributed by atoms with van der Waals surface area (Å²) in [4.78, 5) is 11.4. The van der Waals surface area contributed by atoms with E-state index in [-0.39, 0.29) is 4.90 Å². The third kappa shape index (κ3) is 6.71. The third-order valence-corrected chi connectivity index (χ3v) is 6.66. The molecule has 3 aromatic rings. The second-order valence-electron chi connectivity index (χ2n) is 7.65. The Morgan fingerprint density at radius 2 is 1.85 bits per heavy atom. The molecule has 1 aliphatic rings. The van der Waals surface area contributed by atoms with Crippen molar-refractivity contribution >= 4 is 43.4 Å². The Morgan fingerprint density at radius 3 is 2.58 bits per heavy atom. The Kier molecular flexibility index (Phi) is 7.56. The highest BCUT2D eigenvalue weighted by molar-refractivity contribution is 9.10. The number of hydrogen-bond acceptors (Lipinski definition) is 8. The highest BCUT2D eigenvalue weighted by Crippen LogP contribution is 2.23. The number of ether oxygens (including phenoxy) is 1. The van der Waals surface area contributed by atoms with Gasteiger partial charge in [-0.2, -0.15) is 4.98 Å². The lowest BCUT2D eigenvalue weighted by molar-refractivity contribution is 0.0342. The van der Waals surface area contributed by atoms with Crippen molar-refractivity contribution in [3.05, 3.63) is 70.3 Å². The fourth-order valence-electron chi connectivity index (χ4n) is 3.43. The van der Waals surface area contributed by atoms with Crippen LogP contribution in [0.1, 0.15) is 11.1 Å². The number of primary sulfonamides is 1. The molecule has 0 unspecified atom stereocenters. The number of morpholine rings is 1. The Hall–Kier alpha value is -2.57. The zero-order chi connectivity index (χ0) is 23.3. The Labute approximate surface area is 201 Å². The van der Waals surface area contributed by atoms with Crippen molar-refractivity contribution in [1.29, 1.82) is 0 Å². The number of aromatic nitrogens is 2. The van der Waals surface area contributed by atoms with E-state index in [0.717, 1.165) is 48.6 Å². The molecule has 33 heavy (non-hydrogen) atoms. The number of rotatable bonds is 8. The topological polar surface area (TPSA) is 122 Å². The summed E-state index contributed by atoms with van der Waals surface area (Å²) >= 11 is 3.47. The molecular formula is C22H25BrN6O3S. The van der Waals surface area contributed by atoms with Gasteiger partial charge in [-0.3, -0.25) is 4.90 Å². The van der Waals surface area contributed by atoms with Crippen LogP contribution in [0.4, 0.5) is 17.5 Å². The Bertz CT molecular complexity index is 1200. The molecule has 4 N–H and O–H groups in total. The first kappa shape index (κ1) is 23.6. The van der Waals surface area contributed by atoms with Gasteiger partial charge in [0.1, 0.15) is 5.82 Å². The van der Waals surface area contributed by atoms with Gasteiger partial charge in [0.05, 0.1) is 22.6 Å². The first-order valence-electron chi connectivity index (χ1n) is 10.4. The molecule has 0 aliphatic carbocycles. The minimum Gasteiger partial charge on any atom is -0.379 e. The summed E-state index contributed by atoms with van der Waals surface area (Å²) in [6.45, 7) is 4.75. The molecule has 1 saturated heterocycles. The summed E-state index contributed by atoms with van der Waals surface area (Å²) in [6, 6.07) is 14.6. The van der Waals surface area contributed by atoms with Gasteiger partial charge in [-0.05, 0) is 51.3 Å². The molecule has 2 heterocycles. The van der Waals surface area contributed by atoms with Crippen LogP contribution in [0.15, 0.2) is 64.1 Å². The van der Waals surface area contributed by atoms with Crippen LogP contribution in [-0.4, -0.2) is 49.6 Å². The molecule has 1 aliphatic heterocycles. The van der Waals surface area contributed by atoms with Gasteiger partial charge in [0, 0.05) is 38.1 Å². The molecule has 0 saturated carbocycles. The van der Waals surface area contributed by atoms with E-state index in [9.17, 15) is 8.42 Å². The summed E-state index contributed by atoms with van der Waals surface area (Å²) in [5, 5.41) is 11.7. The quantitative estimate of drug-likeness (QED) is 0.404. The van der Waals surface area contributed by atoms with Crippen LogP contribution in [0.2, 0.25) is 0 Å². The number of hydrogen-bond donors (Lipinski definition) is 3. The molecule has 0 amide bonds. The first-order valence-corrected chi connectivity index (χ1v) is 12.7. The zero-order valence-corrected chi connectivity index (χ0v) is 20.3. The van der Waals surface area contributed by atoms with E-state index < -0.39 is 10.0 Å². The third-order valence-electron chi connectivity index (χ3n) is 5.15. The molecule has 1 aromatic heterocycles. The van der Waals surface area contributed by atoms with E-state index >= 15 is 0 Å². The average Bonchev–Trinajstić information content (AvgIpc) is 2.80. The van der Waals surface area contributed by atoms with E-state index in [1.165, 1.54) is 17.7 Å². The maximum Gasteiger partial charge on any atom is 0.238 e. The van der Waals surface area contributed by atoms with Crippen molar-refractivity contribution in [2.24, 2.45) is 5.14 Å². The summed E-state index contributed by atoms with van der Waals surface area (Å²) in [5.41, 5.74) is 3.01. The predicted molar refractivity (Wildman–Crippen MR) is 131 cm³/mol. The number of sulfonamides is 1. The minimum absolute atomic E-state index is 0.0804. The van der Waals surface area contributed by atoms with Crippen LogP contribution in [0.5, 0.6) is 0 Å². The van der Waals surface area contributed by atoms with Gasteiger partial charge < -0.3 is 15.4 Å². The molecule has 174 valence electrons. The molecule has 4 rings (SSSR count). The predicted octanol–water partition coefficient (Wildman–Crippen LogP) is 3.07.